The number of carbonyl (C=O) groups is 12. The number of hydrogen-bond donors (Lipinski definition) is 16. The summed E-state index contributed by atoms with van der Waals surface area (Å²) in [5.74, 6) is -7.43. The average molecular weight is 1760 g/mol. The lowest BCUT2D eigenvalue weighted by Gasteiger charge is -2.30. The molecule has 0 saturated carbocycles. The van der Waals surface area contributed by atoms with Gasteiger partial charge >= 0.3 is 18.0 Å². The average Bonchev–Trinajstić information content (AvgIpc) is 1.71. The van der Waals surface area contributed by atoms with E-state index in [9.17, 15) is 63.0 Å². The van der Waals surface area contributed by atoms with E-state index in [1.54, 1.807) is 75.4 Å². The summed E-state index contributed by atoms with van der Waals surface area (Å²) in [6.45, 7) is 18.3. The van der Waals surface area contributed by atoms with Crippen LogP contribution in [0.5, 0.6) is 0 Å². The molecule has 0 unspecified atom stereocenters. The number of thioether (sulfide) groups is 3. The molecule has 2 aliphatic heterocycles. The molecule has 2 aromatic carbocycles. The van der Waals surface area contributed by atoms with E-state index in [4.69, 9.17) is 31.4 Å². The van der Waals surface area contributed by atoms with Gasteiger partial charge in [-0.05, 0) is 180 Å². The van der Waals surface area contributed by atoms with Crippen LogP contribution in [-0.4, -0.2) is 248 Å². The summed E-state index contributed by atoms with van der Waals surface area (Å²) in [6.07, 6.45) is 16.0. The minimum absolute atomic E-state index is 0.0281. The van der Waals surface area contributed by atoms with E-state index in [0.29, 0.717) is 97.8 Å². The van der Waals surface area contributed by atoms with E-state index in [1.807, 2.05) is 37.9 Å². The third kappa shape index (κ3) is 41.3. The number of hydrogen-bond acceptors (Lipinski definition) is 23. The molecule has 0 spiro atoms. The van der Waals surface area contributed by atoms with Crippen LogP contribution in [0.4, 0.5) is 4.79 Å². The Morgan fingerprint density at radius 3 is 1.68 bits per heavy atom. The maximum absolute atomic E-state index is 15.1. The van der Waals surface area contributed by atoms with Crippen LogP contribution in [0.1, 0.15) is 206 Å². The summed E-state index contributed by atoms with van der Waals surface area (Å²) < 4.78 is 16.8. The molecule has 19 N–H and O–H groups in total. The molecule has 14 atom stereocenters. The first-order chi connectivity index (χ1) is 58.4. The molecular formula is C88H142N14O17S3. The second-order valence-corrected chi connectivity index (χ2v) is 35.4. The third-order valence-corrected chi connectivity index (χ3v) is 24.3. The number of ether oxygens (including phenoxy) is 3. The SMILES string of the molecule is CC[C@H](C)[C@H](NC(=O)[C@@H](NC(=O)[C@H](CSC/C=C(\C)CC/C=C(\C)CCC=C(C)C)NC(=O)[C@H](CCCCN)NC(=O)[C@@H](NC(=O)[C@H](CCCCN)NC(=O)[C@H](Cc1ccc(C(=O)c2ccccc2)cc1)NC(=O)[C@H](CCCCN)NCCOCCOCCOC(=O)CCCC[C@@H]1SC[C@@H]2NC(=O)N[C@@H]21)[C@@H](C)O)C(C)C)C(=O)N[C@@H](CCSC)C(=O)O. The van der Waals surface area contributed by atoms with Crippen molar-refractivity contribution >= 4 is 106 Å². The van der Waals surface area contributed by atoms with Gasteiger partial charge < -0.3 is 100 Å². The van der Waals surface area contributed by atoms with Gasteiger partial charge in [-0.1, -0.05) is 137 Å². The zero-order valence-electron chi connectivity index (χ0n) is 73.4. The lowest BCUT2D eigenvalue weighted by molar-refractivity contribution is -0.145. The summed E-state index contributed by atoms with van der Waals surface area (Å²) in [5, 5.41) is 53.0. The molecule has 0 bridgehead atoms. The Labute approximate surface area is 734 Å². The molecule has 2 aromatic rings. The monoisotopic (exact) mass is 1760 g/mol. The predicted molar refractivity (Wildman–Crippen MR) is 482 cm³/mol. The maximum atomic E-state index is 15.1. The van der Waals surface area contributed by atoms with Crippen molar-refractivity contribution in [3.63, 3.8) is 0 Å². The van der Waals surface area contributed by atoms with Crippen LogP contribution < -0.4 is 75.7 Å². The topological polar surface area (TPSA) is 483 Å². The van der Waals surface area contributed by atoms with Gasteiger partial charge in [-0.25, -0.2) is 9.59 Å². The van der Waals surface area contributed by atoms with Crippen molar-refractivity contribution in [3.8, 4) is 0 Å². The fourth-order valence-corrected chi connectivity index (χ4v) is 16.7. The highest BCUT2D eigenvalue weighted by Gasteiger charge is 2.43. The van der Waals surface area contributed by atoms with Gasteiger partial charge in [0.2, 0.25) is 47.3 Å². The molecule has 2 heterocycles. The summed E-state index contributed by atoms with van der Waals surface area (Å²) in [4.78, 5) is 167. The number of aliphatic hydroxyl groups is 1. The third-order valence-electron chi connectivity index (χ3n) is 21.2. The molecular weight excluding hydrogens is 1620 g/mol. The molecule has 0 radical (unpaired) electrons. The van der Waals surface area contributed by atoms with E-state index in [2.05, 4.69) is 91.4 Å². The first-order valence-electron chi connectivity index (χ1n) is 43.3. The Balaban J connectivity index is 1.57. The number of benzene rings is 2. The number of aliphatic carboxylic acids is 1. The number of fused-ring (bicyclic) bond motifs is 1. The van der Waals surface area contributed by atoms with E-state index in [1.165, 1.54) is 41.6 Å². The summed E-state index contributed by atoms with van der Waals surface area (Å²) in [5.41, 5.74) is 22.8. The zero-order chi connectivity index (χ0) is 89.9. The zero-order valence-corrected chi connectivity index (χ0v) is 75.8. The number of carboxylic acid groups (broad SMARTS) is 1. The largest absolute Gasteiger partial charge is 0.480 e. The van der Waals surface area contributed by atoms with Gasteiger partial charge in [-0.15, -0.1) is 0 Å². The standard InChI is InChI=1S/C88H142N14O17S3/c1-11-60(8)75(85(112)95-68(87(114)115)41-51-120-10)100-84(111)74(57(4)5)99-83(110)71(54-121-52-40-59(7)28-24-27-58(6)26-23-25-56(2)3)97-80(107)66(32-18-21-43-90)94-86(113)76(61(9)103)101-81(108)67(33-19-22-44-91)93-82(109)69(53-62-36-38-64(39-37-62)78(105)63-29-13-12-14-30-63)96-79(106)65(31-17-20-42-89)92-45-46-117-47-48-118-49-50-119-73(104)35-16-15-34-72-77-70(55-122-72)98-88(116)102-77/h12-14,25,27,29-30,36-40,57,60-61,65-72,74-77,92,103H,11,15-24,26,28,31-35,41-55,89-91H2,1-10H3,(H,93,109)(H,94,113)(H,95,112)(H,96,106)(H,97,107)(H,99,110)(H,100,111)(H,101,108)(H,114,115)(H2,98,102,116)/b58-27+,59-40+/t60-,61+,65-,66-,67-,68-,69-,70-,71-,72-,74-,75-,76-,77-/m0/s1. The molecule has 34 heteroatoms. The normalized spacial score (nSPS) is 17.2. The number of nitrogens with one attached hydrogen (secondary N) is 11. The minimum Gasteiger partial charge on any atom is -0.480 e. The van der Waals surface area contributed by atoms with Crippen LogP contribution in [-0.2, 0) is 68.6 Å². The van der Waals surface area contributed by atoms with Gasteiger partial charge in [-0.2, -0.15) is 35.3 Å². The number of allylic oxidation sites excluding steroid dienone is 5. The Kier molecular flexibility index (Phi) is 52.9. The van der Waals surface area contributed by atoms with Gasteiger partial charge in [0.25, 0.3) is 0 Å². The van der Waals surface area contributed by atoms with Gasteiger partial charge in [0.15, 0.2) is 5.78 Å². The summed E-state index contributed by atoms with van der Waals surface area (Å²) >= 11 is 4.58. The van der Waals surface area contributed by atoms with Gasteiger partial charge in [0, 0.05) is 53.0 Å². The van der Waals surface area contributed by atoms with Gasteiger partial charge in [0.1, 0.15) is 54.9 Å². The maximum Gasteiger partial charge on any atom is 0.326 e. The lowest BCUT2D eigenvalue weighted by atomic mass is 9.96. The van der Waals surface area contributed by atoms with E-state index >= 15 is 4.79 Å². The smallest absolute Gasteiger partial charge is 0.326 e. The van der Waals surface area contributed by atoms with Crippen molar-refractivity contribution in [1.82, 2.24) is 58.5 Å². The number of nitrogens with two attached hydrogens (primary N) is 3. The molecule has 2 fully saturated rings. The number of rotatable bonds is 65. The molecule has 0 aliphatic carbocycles. The van der Waals surface area contributed by atoms with Crippen LogP contribution in [0.15, 0.2) is 89.5 Å². The Morgan fingerprint density at radius 1 is 0.557 bits per heavy atom. The van der Waals surface area contributed by atoms with Crippen molar-refractivity contribution in [2.24, 2.45) is 29.0 Å². The van der Waals surface area contributed by atoms with Crippen LogP contribution in [0.25, 0.3) is 0 Å². The van der Waals surface area contributed by atoms with E-state index in [-0.39, 0.29) is 120 Å². The van der Waals surface area contributed by atoms with Crippen molar-refractivity contribution in [2.45, 2.75) is 269 Å². The quantitative estimate of drug-likeness (QED) is 0.0118. The number of amides is 10. The van der Waals surface area contributed by atoms with Crippen LogP contribution >= 0.6 is 35.3 Å². The second-order valence-electron chi connectivity index (χ2n) is 32.0. The Bertz CT molecular complexity index is 3650. The highest BCUT2D eigenvalue weighted by atomic mass is 32.2. The summed E-state index contributed by atoms with van der Waals surface area (Å²) in [6, 6.07) is 3.53. The molecule has 0 aromatic heterocycles. The number of urea groups is 1. The molecule has 122 heavy (non-hydrogen) atoms. The molecule has 10 amide bonds. The van der Waals surface area contributed by atoms with Crippen molar-refractivity contribution in [1.29, 1.82) is 0 Å². The predicted octanol–water partition coefficient (Wildman–Crippen LogP) is 6.06. The van der Waals surface area contributed by atoms with E-state index < -0.39 is 126 Å². The number of carbonyl (C=O) groups excluding carboxylic acids is 11. The van der Waals surface area contributed by atoms with Crippen molar-refractivity contribution in [3.05, 3.63) is 106 Å². The molecule has 4 rings (SSSR count). The highest BCUT2D eigenvalue weighted by Crippen LogP contribution is 2.33. The lowest BCUT2D eigenvalue weighted by Crippen LogP contribution is -2.62. The number of ketones is 1. The van der Waals surface area contributed by atoms with Crippen molar-refractivity contribution in [2.75, 3.05) is 88.5 Å². The first-order valence-corrected chi connectivity index (χ1v) is 46.9. The Hall–Kier alpha value is -7.93. The Morgan fingerprint density at radius 2 is 1.07 bits per heavy atom. The van der Waals surface area contributed by atoms with Crippen molar-refractivity contribution < 1.29 is 82.0 Å². The fraction of sp³-hybridized carbons (Fsp3) is 0.659. The molecule has 2 aliphatic rings. The van der Waals surface area contributed by atoms with Crippen LogP contribution in [0.2, 0.25) is 0 Å². The van der Waals surface area contributed by atoms with Crippen LogP contribution in [0, 0.1) is 11.8 Å². The molecule has 2 saturated heterocycles. The fourth-order valence-electron chi connectivity index (χ4n) is 13.6. The van der Waals surface area contributed by atoms with Gasteiger partial charge in [0.05, 0.1) is 50.7 Å². The van der Waals surface area contributed by atoms with E-state index in [0.717, 1.165) is 49.9 Å². The number of esters is 1. The van der Waals surface area contributed by atoms with Gasteiger partial charge in [-0.3, -0.25) is 47.9 Å². The second kappa shape index (κ2) is 60.6. The molecule has 684 valence electrons. The number of aliphatic hydroxyl groups excluding tert-OH is 1. The summed E-state index contributed by atoms with van der Waals surface area (Å²) in [7, 11) is 0. The first kappa shape index (κ1) is 106. The number of carboxylic acids is 1. The molecule has 31 nitrogen and oxygen atoms in total. The van der Waals surface area contributed by atoms with Crippen LogP contribution in [0.3, 0.4) is 0 Å². The highest BCUT2D eigenvalue weighted by molar-refractivity contribution is 8.00. The number of unbranched alkanes of at least 4 members (excludes halogenated alkanes) is 4. The minimum atomic E-state index is -1.76.